The van der Waals surface area contributed by atoms with Crippen molar-refractivity contribution in [3.63, 3.8) is 0 Å². The van der Waals surface area contributed by atoms with E-state index in [1.165, 1.54) is 0 Å². The van der Waals surface area contributed by atoms with Gasteiger partial charge in [0.25, 0.3) is 0 Å². The van der Waals surface area contributed by atoms with Crippen molar-refractivity contribution in [2.75, 3.05) is 5.32 Å². The van der Waals surface area contributed by atoms with E-state index in [1.807, 2.05) is 66.9 Å². The Morgan fingerprint density at radius 3 is 2.29 bits per heavy atom. The molecule has 0 aliphatic heterocycles. The molecule has 0 saturated heterocycles. The average Bonchev–Trinajstić information content (AvgIpc) is 3.01. The van der Waals surface area contributed by atoms with Crippen LogP contribution in [-0.2, 0) is 6.67 Å². The summed E-state index contributed by atoms with van der Waals surface area (Å²) in [5, 5.41) is 15.8. The first-order valence-corrected chi connectivity index (χ1v) is 6.68. The maximum atomic E-state index is 4.24. The van der Waals surface area contributed by atoms with E-state index in [4.69, 9.17) is 0 Å². The molecule has 0 saturated carbocycles. The molecule has 0 aliphatic rings. The highest BCUT2D eigenvalue weighted by molar-refractivity contribution is 5.42. The van der Waals surface area contributed by atoms with E-state index in [0.717, 1.165) is 17.1 Å². The standard InChI is InChI=1S/C16H15N5/c1-3-7-14(8-4-1)17-13-21-12-16(11-18-21)20-19-15-9-5-2-6-10-15/h1-12,17H,13H2. The summed E-state index contributed by atoms with van der Waals surface area (Å²) in [4.78, 5) is 0. The molecule has 2 aromatic carbocycles. The van der Waals surface area contributed by atoms with Crippen LogP contribution in [0.4, 0.5) is 17.1 Å². The van der Waals surface area contributed by atoms with Gasteiger partial charge >= 0.3 is 0 Å². The zero-order chi connectivity index (χ0) is 14.3. The van der Waals surface area contributed by atoms with Gasteiger partial charge < -0.3 is 5.32 Å². The largest absolute Gasteiger partial charge is 0.366 e. The second kappa shape index (κ2) is 6.47. The van der Waals surface area contributed by atoms with Crippen LogP contribution >= 0.6 is 0 Å². The van der Waals surface area contributed by atoms with Gasteiger partial charge in [0.15, 0.2) is 0 Å². The third kappa shape index (κ3) is 3.76. The minimum atomic E-state index is 0.588. The highest BCUT2D eigenvalue weighted by Gasteiger charge is 1.97. The van der Waals surface area contributed by atoms with E-state index in [9.17, 15) is 0 Å². The minimum Gasteiger partial charge on any atom is -0.366 e. The number of hydrogen-bond acceptors (Lipinski definition) is 4. The molecule has 0 fully saturated rings. The third-order valence-electron chi connectivity index (χ3n) is 2.88. The fourth-order valence-corrected chi connectivity index (χ4v) is 1.83. The predicted molar refractivity (Wildman–Crippen MR) is 82.9 cm³/mol. The fraction of sp³-hybridized carbons (Fsp3) is 0.0625. The van der Waals surface area contributed by atoms with Crippen molar-refractivity contribution >= 4 is 17.1 Å². The van der Waals surface area contributed by atoms with Crippen molar-refractivity contribution in [2.45, 2.75) is 6.67 Å². The average molecular weight is 277 g/mol. The van der Waals surface area contributed by atoms with Crippen LogP contribution in [0.25, 0.3) is 0 Å². The second-order valence-corrected chi connectivity index (χ2v) is 4.47. The van der Waals surface area contributed by atoms with E-state index in [0.29, 0.717) is 6.67 Å². The van der Waals surface area contributed by atoms with E-state index in [1.54, 1.807) is 10.9 Å². The van der Waals surface area contributed by atoms with Gasteiger partial charge in [-0.2, -0.15) is 10.2 Å². The molecule has 3 rings (SSSR count). The second-order valence-electron chi connectivity index (χ2n) is 4.47. The number of hydrogen-bond donors (Lipinski definition) is 1. The highest BCUT2D eigenvalue weighted by atomic mass is 15.3. The summed E-state index contributed by atoms with van der Waals surface area (Å²) >= 11 is 0. The van der Waals surface area contributed by atoms with Gasteiger partial charge in [-0.25, -0.2) is 0 Å². The van der Waals surface area contributed by atoms with Gasteiger partial charge in [0.1, 0.15) is 12.4 Å². The smallest absolute Gasteiger partial charge is 0.124 e. The molecule has 1 heterocycles. The van der Waals surface area contributed by atoms with Crippen LogP contribution in [0.5, 0.6) is 0 Å². The van der Waals surface area contributed by atoms with Crippen LogP contribution in [0, 0.1) is 0 Å². The number of benzene rings is 2. The summed E-state index contributed by atoms with van der Waals surface area (Å²) < 4.78 is 1.78. The quantitative estimate of drug-likeness (QED) is 0.704. The molecule has 3 aromatic rings. The summed E-state index contributed by atoms with van der Waals surface area (Å²) in [5.74, 6) is 0. The monoisotopic (exact) mass is 277 g/mol. The van der Waals surface area contributed by atoms with E-state index >= 15 is 0 Å². The molecule has 0 bridgehead atoms. The van der Waals surface area contributed by atoms with Gasteiger partial charge in [0.05, 0.1) is 18.1 Å². The number of nitrogens with one attached hydrogen (secondary N) is 1. The van der Waals surface area contributed by atoms with E-state index < -0.39 is 0 Å². The lowest BCUT2D eigenvalue weighted by atomic mass is 10.3. The SMILES string of the molecule is c1ccc(N=Nc2cnn(CNc3ccccc3)c2)cc1. The molecule has 0 aliphatic carbocycles. The number of aromatic nitrogens is 2. The van der Waals surface area contributed by atoms with Gasteiger partial charge in [-0.3, -0.25) is 4.68 Å². The Hall–Kier alpha value is -2.95. The first kappa shape index (κ1) is 13.1. The molecular weight excluding hydrogens is 262 g/mol. The molecule has 0 atom stereocenters. The van der Waals surface area contributed by atoms with Crippen LogP contribution in [0.15, 0.2) is 83.3 Å². The predicted octanol–water partition coefficient (Wildman–Crippen LogP) is 4.37. The topological polar surface area (TPSA) is 54.6 Å². The summed E-state index contributed by atoms with van der Waals surface area (Å²) in [7, 11) is 0. The third-order valence-corrected chi connectivity index (χ3v) is 2.88. The lowest BCUT2D eigenvalue weighted by Crippen LogP contribution is -2.07. The Kier molecular flexibility index (Phi) is 4.02. The van der Waals surface area contributed by atoms with Crippen LogP contribution in [0.1, 0.15) is 0 Å². The zero-order valence-corrected chi connectivity index (χ0v) is 11.4. The molecule has 0 amide bonds. The van der Waals surface area contributed by atoms with Gasteiger partial charge in [-0.05, 0) is 24.3 Å². The first-order valence-electron chi connectivity index (χ1n) is 6.68. The molecule has 104 valence electrons. The molecule has 5 heteroatoms. The molecule has 0 spiro atoms. The van der Waals surface area contributed by atoms with Gasteiger partial charge in [0, 0.05) is 5.69 Å². The first-order chi connectivity index (χ1) is 10.4. The normalized spacial score (nSPS) is 10.9. The van der Waals surface area contributed by atoms with Gasteiger partial charge in [0.2, 0.25) is 0 Å². The molecule has 0 radical (unpaired) electrons. The molecule has 5 nitrogen and oxygen atoms in total. The van der Waals surface area contributed by atoms with Crippen molar-refractivity contribution in [1.29, 1.82) is 0 Å². The van der Waals surface area contributed by atoms with E-state index in [2.05, 4.69) is 20.6 Å². The Balaban J connectivity index is 1.60. The lowest BCUT2D eigenvalue weighted by molar-refractivity contribution is 0.670. The van der Waals surface area contributed by atoms with Crippen LogP contribution in [0.2, 0.25) is 0 Å². The Morgan fingerprint density at radius 2 is 1.52 bits per heavy atom. The minimum absolute atomic E-state index is 0.588. The fourth-order valence-electron chi connectivity index (χ4n) is 1.83. The number of azo groups is 1. The summed E-state index contributed by atoms with van der Waals surface area (Å²) in [6.07, 6.45) is 3.54. The van der Waals surface area contributed by atoms with Crippen molar-refractivity contribution in [1.82, 2.24) is 9.78 Å². The molecule has 21 heavy (non-hydrogen) atoms. The molecular formula is C16H15N5. The van der Waals surface area contributed by atoms with Crippen molar-refractivity contribution in [3.05, 3.63) is 73.1 Å². The molecule has 1 N–H and O–H groups in total. The van der Waals surface area contributed by atoms with Crippen molar-refractivity contribution < 1.29 is 0 Å². The van der Waals surface area contributed by atoms with Gasteiger partial charge in [-0.15, -0.1) is 5.11 Å². The van der Waals surface area contributed by atoms with Crippen LogP contribution in [0.3, 0.4) is 0 Å². The summed E-state index contributed by atoms with van der Waals surface area (Å²) in [5.41, 5.74) is 2.61. The molecule has 1 aromatic heterocycles. The van der Waals surface area contributed by atoms with Gasteiger partial charge in [-0.1, -0.05) is 36.4 Å². The maximum Gasteiger partial charge on any atom is 0.124 e. The number of para-hydroxylation sites is 1. The van der Waals surface area contributed by atoms with Crippen LogP contribution < -0.4 is 5.32 Å². The van der Waals surface area contributed by atoms with Crippen molar-refractivity contribution in [2.24, 2.45) is 10.2 Å². The number of rotatable bonds is 5. The molecule has 0 unspecified atom stereocenters. The van der Waals surface area contributed by atoms with Crippen molar-refractivity contribution in [3.8, 4) is 0 Å². The number of nitrogens with zero attached hydrogens (tertiary/aromatic N) is 4. The summed E-state index contributed by atoms with van der Waals surface area (Å²) in [6, 6.07) is 19.6. The van der Waals surface area contributed by atoms with E-state index in [-0.39, 0.29) is 0 Å². The number of anilines is 1. The maximum absolute atomic E-state index is 4.24. The lowest BCUT2D eigenvalue weighted by Gasteiger charge is -2.05. The summed E-state index contributed by atoms with van der Waals surface area (Å²) in [6.45, 7) is 0.588. The Bertz CT molecular complexity index is 704. The Morgan fingerprint density at radius 1 is 0.857 bits per heavy atom. The highest BCUT2D eigenvalue weighted by Crippen LogP contribution is 2.16. The zero-order valence-electron chi connectivity index (χ0n) is 11.4. The Labute approximate surface area is 123 Å². The van der Waals surface area contributed by atoms with Crippen LogP contribution in [-0.4, -0.2) is 9.78 Å².